The number of hydrogen-bond donors (Lipinski definition) is 2. The van der Waals surface area contributed by atoms with E-state index in [1.807, 2.05) is 29.7 Å². The van der Waals surface area contributed by atoms with Gasteiger partial charge in [-0.15, -0.1) is 0 Å². The van der Waals surface area contributed by atoms with Crippen molar-refractivity contribution >= 4 is 5.91 Å². The Morgan fingerprint density at radius 3 is 2.59 bits per heavy atom. The number of nitrogens with zero attached hydrogens (tertiary/aromatic N) is 2. The molecule has 1 aliphatic rings. The summed E-state index contributed by atoms with van der Waals surface area (Å²) in [5, 5.41) is 0. The van der Waals surface area contributed by atoms with Crippen LogP contribution in [0.25, 0.3) is 11.3 Å². The number of hydrogen-bond acceptors (Lipinski definition) is 5. The highest BCUT2D eigenvalue weighted by Gasteiger charge is 2.16. The fraction of sp³-hybridized carbons (Fsp3) is 0.312. The lowest BCUT2D eigenvalue weighted by atomic mass is 10.1. The quantitative estimate of drug-likeness (QED) is 0.512. The van der Waals surface area contributed by atoms with Crippen LogP contribution < -0.4 is 16.0 Å². The van der Waals surface area contributed by atoms with Gasteiger partial charge in [-0.2, -0.15) is 0 Å². The molecule has 2 aromatic rings. The Bertz CT molecular complexity index is 651. The zero-order valence-corrected chi connectivity index (χ0v) is 12.2. The average molecular weight is 298 g/mol. The van der Waals surface area contributed by atoms with E-state index in [9.17, 15) is 4.79 Å². The number of aromatic nitrogens is 2. The summed E-state index contributed by atoms with van der Waals surface area (Å²) in [6, 6.07) is 9.46. The van der Waals surface area contributed by atoms with Gasteiger partial charge < -0.3 is 4.74 Å². The molecule has 1 heterocycles. The second-order valence-corrected chi connectivity index (χ2v) is 5.29. The maximum absolute atomic E-state index is 11.5. The molecule has 1 amide bonds. The largest absolute Gasteiger partial charge is 0.490 e. The number of hydrazine groups is 1. The van der Waals surface area contributed by atoms with Crippen LogP contribution in [0.15, 0.2) is 36.5 Å². The predicted octanol–water partition coefficient (Wildman–Crippen LogP) is 2.07. The van der Waals surface area contributed by atoms with Gasteiger partial charge in [0.05, 0.1) is 11.8 Å². The lowest BCUT2D eigenvalue weighted by molar-refractivity contribution is 0.0943. The number of ether oxygens (including phenoxy) is 1. The van der Waals surface area contributed by atoms with Crippen molar-refractivity contribution in [3.8, 4) is 17.0 Å². The fourth-order valence-electron chi connectivity index (χ4n) is 2.60. The van der Waals surface area contributed by atoms with Crippen molar-refractivity contribution in [2.75, 3.05) is 0 Å². The zero-order valence-electron chi connectivity index (χ0n) is 12.2. The van der Waals surface area contributed by atoms with Gasteiger partial charge in [0.1, 0.15) is 5.75 Å². The second-order valence-electron chi connectivity index (χ2n) is 5.29. The number of carbonyl (C=O) groups excluding carboxylic acids is 1. The molecule has 0 spiro atoms. The van der Waals surface area contributed by atoms with Crippen LogP contribution in [0.2, 0.25) is 0 Å². The Labute approximate surface area is 128 Å². The first-order chi connectivity index (χ1) is 10.8. The van der Waals surface area contributed by atoms with E-state index in [2.05, 4.69) is 9.97 Å². The zero-order chi connectivity index (χ0) is 15.4. The van der Waals surface area contributed by atoms with Gasteiger partial charge in [-0.25, -0.2) is 15.8 Å². The summed E-state index contributed by atoms with van der Waals surface area (Å²) in [5.41, 5.74) is 3.59. The molecule has 0 unspecified atom stereocenters. The van der Waals surface area contributed by atoms with Crippen molar-refractivity contribution in [2.45, 2.75) is 31.8 Å². The smallest absolute Gasteiger partial charge is 0.302 e. The van der Waals surface area contributed by atoms with Gasteiger partial charge in [-0.3, -0.25) is 10.2 Å². The number of nitrogens with one attached hydrogen (secondary N) is 1. The van der Waals surface area contributed by atoms with E-state index < -0.39 is 5.91 Å². The highest BCUT2D eigenvalue weighted by Crippen LogP contribution is 2.26. The highest BCUT2D eigenvalue weighted by molar-refractivity contribution is 5.90. The molecule has 1 aliphatic carbocycles. The third kappa shape index (κ3) is 3.23. The summed E-state index contributed by atoms with van der Waals surface area (Å²) in [4.78, 5) is 19.6. The molecule has 1 aromatic carbocycles. The lowest BCUT2D eigenvalue weighted by Gasteiger charge is -2.13. The van der Waals surface area contributed by atoms with Gasteiger partial charge in [0.15, 0.2) is 0 Å². The highest BCUT2D eigenvalue weighted by atomic mass is 16.5. The van der Waals surface area contributed by atoms with Crippen molar-refractivity contribution < 1.29 is 9.53 Å². The van der Waals surface area contributed by atoms with E-state index in [-0.39, 0.29) is 5.82 Å². The molecule has 3 N–H and O–H groups in total. The fourth-order valence-corrected chi connectivity index (χ4v) is 2.60. The van der Waals surface area contributed by atoms with Gasteiger partial charge in [0.2, 0.25) is 5.82 Å². The molecule has 0 atom stereocenters. The summed E-state index contributed by atoms with van der Waals surface area (Å²) in [6.45, 7) is 0. The SMILES string of the molecule is NNC(=O)c1nccc(-c2ccc(OC3CCCC3)cc2)n1. The molecule has 1 aromatic heterocycles. The van der Waals surface area contributed by atoms with Gasteiger partial charge in [0.25, 0.3) is 0 Å². The van der Waals surface area contributed by atoms with Gasteiger partial charge in [0, 0.05) is 11.8 Å². The second kappa shape index (κ2) is 6.53. The van der Waals surface area contributed by atoms with Gasteiger partial charge in [-0.1, -0.05) is 0 Å². The number of benzene rings is 1. The Hall–Kier alpha value is -2.47. The Kier molecular flexibility index (Phi) is 4.29. The first-order valence-corrected chi connectivity index (χ1v) is 7.37. The minimum Gasteiger partial charge on any atom is -0.490 e. The third-order valence-corrected chi connectivity index (χ3v) is 3.74. The summed E-state index contributed by atoms with van der Waals surface area (Å²) < 4.78 is 5.93. The Morgan fingerprint density at radius 2 is 1.91 bits per heavy atom. The van der Waals surface area contributed by atoms with Crippen molar-refractivity contribution in [1.29, 1.82) is 0 Å². The van der Waals surface area contributed by atoms with Crippen LogP contribution in [0, 0.1) is 0 Å². The first-order valence-electron chi connectivity index (χ1n) is 7.37. The van der Waals surface area contributed by atoms with Crippen molar-refractivity contribution in [2.24, 2.45) is 5.84 Å². The van der Waals surface area contributed by atoms with E-state index >= 15 is 0 Å². The van der Waals surface area contributed by atoms with E-state index in [0.717, 1.165) is 24.2 Å². The normalized spacial score (nSPS) is 14.8. The molecule has 22 heavy (non-hydrogen) atoms. The summed E-state index contributed by atoms with van der Waals surface area (Å²) in [6.07, 6.45) is 6.63. The van der Waals surface area contributed by atoms with Crippen molar-refractivity contribution in [3.63, 3.8) is 0 Å². The third-order valence-electron chi connectivity index (χ3n) is 3.74. The Morgan fingerprint density at radius 1 is 1.18 bits per heavy atom. The van der Waals surface area contributed by atoms with Crippen LogP contribution in [0.4, 0.5) is 0 Å². The molecule has 1 fully saturated rings. The molecule has 114 valence electrons. The number of rotatable bonds is 4. The number of nitrogen functional groups attached to an aromatic ring is 1. The topological polar surface area (TPSA) is 90.1 Å². The molecular formula is C16H18N4O2. The van der Waals surface area contributed by atoms with Crippen LogP contribution in [-0.2, 0) is 0 Å². The Balaban J connectivity index is 1.76. The molecule has 6 heteroatoms. The summed E-state index contributed by atoms with van der Waals surface area (Å²) in [5.74, 6) is 5.50. The van der Waals surface area contributed by atoms with Gasteiger partial charge >= 0.3 is 5.91 Å². The monoisotopic (exact) mass is 298 g/mol. The number of carbonyl (C=O) groups is 1. The van der Waals surface area contributed by atoms with Crippen LogP contribution in [0.5, 0.6) is 5.75 Å². The molecule has 3 rings (SSSR count). The number of nitrogens with two attached hydrogens (primary N) is 1. The summed E-state index contributed by atoms with van der Waals surface area (Å²) >= 11 is 0. The molecule has 6 nitrogen and oxygen atoms in total. The predicted molar refractivity (Wildman–Crippen MR) is 82.0 cm³/mol. The molecule has 0 aliphatic heterocycles. The van der Waals surface area contributed by atoms with E-state index in [4.69, 9.17) is 10.6 Å². The van der Waals surface area contributed by atoms with Crippen LogP contribution in [0.3, 0.4) is 0 Å². The lowest BCUT2D eigenvalue weighted by Crippen LogP contribution is -2.31. The van der Waals surface area contributed by atoms with Gasteiger partial charge in [-0.05, 0) is 56.0 Å². The summed E-state index contributed by atoms with van der Waals surface area (Å²) in [7, 11) is 0. The van der Waals surface area contributed by atoms with Crippen molar-refractivity contribution in [3.05, 3.63) is 42.4 Å². The number of amides is 1. The molecule has 0 saturated heterocycles. The van der Waals surface area contributed by atoms with E-state index in [1.54, 1.807) is 6.07 Å². The van der Waals surface area contributed by atoms with E-state index in [1.165, 1.54) is 19.0 Å². The van der Waals surface area contributed by atoms with Crippen LogP contribution in [0.1, 0.15) is 36.3 Å². The standard InChI is InChI=1S/C16H18N4O2/c17-20-16(21)15-18-10-9-14(19-15)11-5-7-13(8-6-11)22-12-3-1-2-4-12/h5-10,12H,1-4,17H2,(H,20,21). The minimum absolute atomic E-state index is 0.0475. The molecule has 0 bridgehead atoms. The first kappa shape index (κ1) is 14.5. The van der Waals surface area contributed by atoms with Crippen molar-refractivity contribution in [1.82, 2.24) is 15.4 Å². The minimum atomic E-state index is -0.511. The maximum Gasteiger partial charge on any atom is 0.302 e. The van der Waals surface area contributed by atoms with Crippen LogP contribution in [-0.4, -0.2) is 22.0 Å². The molecule has 1 saturated carbocycles. The average Bonchev–Trinajstić information content (AvgIpc) is 3.08. The van der Waals surface area contributed by atoms with Crippen LogP contribution >= 0.6 is 0 Å². The molecule has 0 radical (unpaired) electrons. The van der Waals surface area contributed by atoms with E-state index in [0.29, 0.717) is 11.8 Å². The maximum atomic E-state index is 11.5. The molecular weight excluding hydrogens is 280 g/mol.